The molecule has 6 nitrogen and oxygen atoms in total. The van der Waals surface area contributed by atoms with Crippen LogP contribution in [0.25, 0.3) is 0 Å². The average Bonchev–Trinajstić information content (AvgIpc) is 3.15. The summed E-state index contributed by atoms with van der Waals surface area (Å²) in [7, 11) is 0. The van der Waals surface area contributed by atoms with Crippen molar-refractivity contribution in [2.75, 3.05) is 26.4 Å². The predicted octanol–water partition coefficient (Wildman–Crippen LogP) is 1.81. The molecular formula is C21H22O6. The lowest BCUT2D eigenvalue weighted by Gasteiger charge is -2.45. The van der Waals surface area contributed by atoms with Gasteiger partial charge in [-0.05, 0) is 0 Å². The summed E-state index contributed by atoms with van der Waals surface area (Å²) >= 11 is 0. The first kappa shape index (κ1) is 17.3. The first-order valence-electron chi connectivity index (χ1n) is 9.24. The van der Waals surface area contributed by atoms with Gasteiger partial charge in [-0.15, -0.1) is 0 Å². The van der Waals surface area contributed by atoms with E-state index in [1.165, 1.54) is 0 Å². The van der Waals surface area contributed by atoms with Gasteiger partial charge in [0.15, 0.2) is 0 Å². The summed E-state index contributed by atoms with van der Waals surface area (Å²) in [5.74, 6) is -2.31. The van der Waals surface area contributed by atoms with Crippen molar-refractivity contribution in [3.63, 3.8) is 0 Å². The molecule has 0 amide bonds. The lowest BCUT2D eigenvalue weighted by atomic mass is 9.96. The lowest BCUT2D eigenvalue weighted by molar-refractivity contribution is -0.361. The lowest BCUT2D eigenvalue weighted by Crippen LogP contribution is -2.64. The van der Waals surface area contributed by atoms with Crippen LogP contribution in [0.4, 0.5) is 0 Å². The number of rotatable bonds is 2. The van der Waals surface area contributed by atoms with E-state index in [-0.39, 0.29) is 13.2 Å². The molecule has 2 aromatic rings. The molecule has 0 saturated carbocycles. The average molecular weight is 370 g/mol. The fourth-order valence-corrected chi connectivity index (χ4v) is 4.07. The molecule has 6 heteroatoms. The third kappa shape index (κ3) is 2.72. The third-order valence-electron chi connectivity index (χ3n) is 5.42. The van der Waals surface area contributed by atoms with E-state index >= 15 is 0 Å². The first-order chi connectivity index (χ1) is 13.2. The van der Waals surface area contributed by atoms with Crippen molar-refractivity contribution in [1.82, 2.24) is 0 Å². The quantitative estimate of drug-likeness (QED) is 0.870. The molecule has 0 aromatic heterocycles. The molecule has 3 fully saturated rings. The van der Waals surface area contributed by atoms with Crippen LogP contribution in [0.5, 0.6) is 0 Å². The zero-order valence-corrected chi connectivity index (χ0v) is 14.8. The number of hydrogen-bond donors (Lipinski definition) is 1. The second kappa shape index (κ2) is 6.67. The Hall–Kier alpha value is -1.80. The third-order valence-corrected chi connectivity index (χ3v) is 5.42. The van der Waals surface area contributed by atoms with Gasteiger partial charge in [0.1, 0.15) is 24.9 Å². The number of aliphatic hydroxyl groups is 1. The van der Waals surface area contributed by atoms with Gasteiger partial charge in [0.05, 0.1) is 19.8 Å². The second-order valence-corrected chi connectivity index (χ2v) is 7.06. The highest BCUT2D eigenvalue weighted by Crippen LogP contribution is 2.47. The van der Waals surface area contributed by atoms with Crippen LogP contribution < -0.4 is 0 Å². The molecule has 2 aromatic carbocycles. The maximum Gasteiger partial charge on any atom is 0.223 e. The molecule has 3 aliphatic heterocycles. The Bertz CT molecular complexity index is 734. The van der Waals surface area contributed by atoms with Crippen LogP contribution in [0.2, 0.25) is 0 Å². The Kier molecular flexibility index (Phi) is 4.27. The highest BCUT2D eigenvalue weighted by atomic mass is 16.8. The van der Waals surface area contributed by atoms with Crippen LogP contribution in [0, 0.1) is 0 Å². The van der Waals surface area contributed by atoms with Gasteiger partial charge in [-0.1, -0.05) is 60.7 Å². The standard InChI is InChI=1S/C21H22O6/c22-19-18-17(13-25-20(19)14-23-11-12-24-20)26-21(27-18,15-7-3-1-4-8-15)16-9-5-2-6-10-16/h1-10,17-19,22H,11-14H2/t17-,18-,19+,20-/m1/s1. The molecule has 3 heterocycles. The fraction of sp³-hybridized carbons (Fsp3) is 0.429. The minimum absolute atomic E-state index is 0.171. The van der Waals surface area contributed by atoms with Gasteiger partial charge >= 0.3 is 0 Å². The van der Waals surface area contributed by atoms with Crippen LogP contribution in [-0.2, 0) is 29.5 Å². The topological polar surface area (TPSA) is 66.4 Å². The summed E-state index contributed by atoms with van der Waals surface area (Å²) < 4.78 is 30.1. The number of benzene rings is 2. The Morgan fingerprint density at radius 3 is 2.07 bits per heavy atom. The Morgan fingerprint density at radius 2 is 1.48 bits per heavy atom. The van der Waals surface area contributed by atoms with E-state index in [0.717, 1.165) is 11.1 Å². The van der Waals surface area contributed by atoms with Crippen LogP contribution in [-0.4, -0.2) is 55.6 Å². The summed E-state index contributed by atoms with van der Waals surface area (Å²) in [6.07, 6.45) is -2.04. The zero-order valence-electron chi connectivity index (χ0n) is 14.8. The van der Waals surface area contributed by atoms with E-state index in [0.29, 0.717) is 13.2 Å². The normalized spacial score (nSPS) is 35.1. The minimum Gasteiger partial charge on any atom is -0.385 e. The van der Waals surface area contributed by atoms with Gasteiger partial charge in [0, 0.05) is 11.1 Å². The monoisotopic (exact) mass is 370 g/mol. The first-order valence-corrected chi connectivity index (χ1v) is 9.24. The van der Waals surface area contributed by atoms with Crippen molar-refractivity contribution in [3.05, 3.63) is 71.8 Å². The second-order valence-electron chi connectivity index (χ2n) is 7.06. The van der Waals surface area contributed by atoms with Crippen LogP contribution in [0.15, 0.2) is 60.7 Å². The maximum absolute atomic E-state index is 11.0. The fourth-order valence-electron chi connectivity index (χ4n) is 4.07. The van der Waals surface area contributed by atoms with Crippen molar-refractivity contribution in [2.45, 2.75) is 29.9 Å². The smallest absolute Gasteiger partial charge is 0.223 e. The van der Waals surface area contributed by atoms with Crippen molar-refractivity contribution < 1.29 is 28.8 Å². The van der Waals surface area contributed by atoms with Gasteiger partial charge in [-0.2, -0.15) is 0 Å². The highest BCUT2D eigenvalue weighted by molar-refractivity contribution is 5.35. The van der Waals surface area contributed by atoms with Crippen molar-refractivity contribution in [1.29, 1.82) is 0 Å². The van der Waals surface area contributed by atoms with Gasteiger partial charge in [0.25, 0.3) is 0 Å². The highest BCUT2D eigenvalue weighted by Gasteiger charge is 2.61. The summed E-state index contributed by atoms with van der Waals surface area (Å²) in [5.41, 5.74) is 1.74. The molecular weight excluding hydrogens is 348 g/mol. The Labute approximate surface area is 157 Å². The number of aliphatic hydroxyl groups excluding tert-OH is 1. The SMILES string of the molecule is O[C@H]1[C@@H]2OC(c3ccccc3)(c3ccccc3)O[C@@H]2CO[C@]12COCCO2. The van der Waals surface area contributed by atoms with Crippen LogP contribution >= 0.6 is 0 Å². The summed E-state index contributed by atoms with van der Waals surface area (Å²) in [6.45, 7) is 1.29. The largest absolute Gasteiger partial charge is 0.385 e. The van der Waals surface area contributed by atoms with Gasteiger partial charge < -0.3 is 28.8 Å². The van der Waals surface area contributed by atoms with E-state index in [2.05, 4.69) is 0 Å². The molecule has 3 aliphatic rings. The molecule has 0 aliphatic carbocycles. The van der Waals surface area contributed by atoms with E-state index in [1.54, 1.807) is 0 Å². The van der Waals surface area contributed by atoms with Crippen molar-refractivity contribution >= 4 is 0 Å². The van der Waals surface area contributed by atoms with E-state index in [9.17, 15) is 5.11 Å². The molecule has 1 N–H and O–H groups in total. The summed E-state index contributed by atoms with van der Waals surface area (Å²) in [4.78, 5) is 0. The Morgan fingerprint density at radius 1 is 0.815 bits per heavy atom. The number of ether oxygens (including phenoxy) is 5. The maximum atomic E-state index is 11.0. The number of fused-ring (bicyclic) bond motifs is 1. The van der Waals surface area contributed by atoms with Crippen LogP contribution in [0.3, 0.4) is 0 Å². The van der Waals surface area contributed by atoms with E-state index in [1.807, 2.05) is 60.7 Å². The Balaban J connectivity index is 1.54. The molecule has 142 valence electrons. The van der Waals surface area contributed by atoms with Crippen LogP contribution in [0.1, 0.15) is 11.1 Å². The summed E-state index contributed by atoms with van der Waals surface area (Å²) in [6, 6.07) is 19.5. The van der Waals surface area contributed by atoms with Crippen molar-refractivity contribution in [3.8, 4) is 0 Å². The zero-order chi connectivity index (χ0) is 18.3. The van der Waals surface area contributed by atoms with Crippen molar-refractivity contribution in [2.24, 2.45) is 0 Å². The molecule has 1 spiro atoms. The van der Waals surface area contributed by atoms with Gasteiger partial charge in [-0.3, -0.25) is 0 Å². The molecule has 0 unspecified atom stereocenters. The summed E-state index contributed by atoms with van der Waals surface area (Å²) in [5, 5.41) is 11.0. The molecule has 0 radical (unpaired) electrons. The minimum atomic E-state index is -1.20. The van der Waals surface area contributed by atoms with E-state index < -0.39 is 29.9 Å². The molecule has 0 bridgehead atoms. The van der Waals surface area contributed by atoms with Gasteiger partial charge in [0.2, 0.25) is 11.6 Å². The molecule has 3 saturated heterocycles. The molecule has 27 heavy (non-hydrogen) atoms. The molecule has 5 rings (SSSR count). The van der Waals surface area contributed by atoms with E-state index in [4.69, 9.17) is 23.7 Å². The van der Waals surface area contributed by atoms with Gasteiger partial charge in [-0.25, -0.2) is 0 Å². The predicted molar refractivity (Wildman–Crippen MR) is 94.9 cm³/mol. The molecule has 4 atom stereocenters. The number of hydrogen-bond acceptors (Lipinski definition) is 6.